The summed E-state index contributed by atoms with van der Waals surface area (Å²) in [4.78, 5) is 30.7. The predicted molar refractivity (Wildman–Crippen MR) is 122 cm³/mol. The molecule has 30 heavy (non-hydrogen) atoms. The molecule has 0 aliphatic heterocycles. The van der Waals surface area contributed by atoms with Gasteiger partial charge in [0.05, 0.1) is 16.2 Å². The van der Waals surface area contributed by atoms with Crippen LogP contribution in [-0.4, -0.2) is 40.0 Å². The molecule has 0 saturated heterocycles. The van der Waals surface area contributed by atoms with E-state index in [1.165, 1.54) is 24.6 Å². The summed E-state index contributed by atoms with van der Waals surface area (Å²) in [5, 5.41) is 4.09. The molecular weight excluding hydrogens is 398 g/mol. The number of benzene rings is 1. The molecule has 1 fully saturated rings. The van der Waals surface area contributed by atoms with Crippen LogP contribution in [0.5, 0.6) is 0 Å². The number of carbonyl (C=O) groups excluding carboxylic acids is 1. The molecule has 3 rings (SSSR count). The minimum atomic E-state index is -0.328. The Balaban J connectivity index is 1.78. The number of hydrogen-bond donors (Lipinski definition) is 1. The van der Waals surface area contributed by atoms with Gasteiger partial charge < -0.3 is 10.1 Å². The Bertz CT molecular complexity index is 914. The highest BCUT2D eigenvalue weighted by Crippen LogP contribution is 2.26. The molecular formula is C23H33N3O3S. The largest absolute Gasteiger partial charge is 0.382 e. The molecule has 2 aromatic rings. The number of aromatic nitrogens is 2. The maximum Gasteiger partial charge on any atom is 0.262 e. The fourth-order valence-electron chi connectivity index (χ4n) is 3.95. The summed E-state index contributed by atoms with van der Waals surface area (Å²) in [5.41, 5.74) is 0.604. The van der Waals surface area contributed by atoms with Crippen LogP contribution in [0.15, 0.2) is 34.2 Å². The van der Waals surface area contributed by atoms with Crippen LogP contribution in [0.4, 0.5) is 0 Å². The average molecular weight is 432 g/mol. The molecule has 0 unspecified atom stereocenters. The molecule has 1 amide bonds. The van der Waals surface area contributed by atoms with Gasteiger partial charge in [-0.05, 0) is 51.2 Å². The van der Waals surface area contributed by atoms with Gasteiger partial charge in [-0.1, -0.05) is 43.7 Å². The van der Waals surface area contributed by atoms with E-state index in [-0.39, 0.29) is 22.8 Å². The van der Waals surface area contributed by atoms with E-state index in [0.29, 0.717) is 41.7 Å². The average Bonchev–Trinajstić information content (AvgIpc) is 2.74. The predicted octanol–water partition coefficient (Wildman–Crippen LogP) is 4.00. The van der Waals surface area contributed by atoms with Crippen molar-refractivity contribution in [2.75, 3.05) is 13.2 Å². The van der Waals surface area contributed by atoms with Crippen LogP contribution >= 0.6 is 11.8 Å². The van der Waals surface area contributed by atoms with Crippen molar-refractivity contribution in [3.05, 3.63) is 34.6 Å². The Hall–Kier alpha value is -1.86. The smallest absolute Gasteiger partial charge is 0.262 e. The number of para-hydroxylation sites is 1. The first-order chi connectivity index (χ1) is 14.5. The Morgan fingerprint density at radius 3 is 2.87 bits per heavy atom. The Kier molecular flexibility index (Phi) is 8.33. The first kappa shape index (κ1) is 22.8. The molecule has 1 heterocycles. The van der Waals surface area contributed by atoms with Crippen molar-refractivity contribution in [2.24, 2.45) is 5.92 Å². The monoisotopic (exact) mass is 431 g/mol. The summed E-state index contributed by atoms with van der Waals surface area (Å²) in [6, 6.07) is 7.62. The molecule has 0 bridgehead atoms. The maximum atomic E-state index is 13.1. The highest BCUT2D eigenvalue weighted by Gasteiger charge is 2.26. The number of fused-ring (bicyclic) bond motifs is 1. The number of hydrogen-bond acceptors (Lipinski definition) is 5. The van der Waals surface area contributed by atoms with E-state index in [1.807, 2.05) is 32.0 Å². The third kappa shape index (κ3) is 5.64. The Morgan fingerprint density at radius 2 is 2.10 bits per heavy atom. The number of nitrogens with zero attached hydrogens (tertiary/aromatic N) is 2. The standard InChI is InChI=1S/C23H33N3O3S/c1-4-29-15-9-14-26-22(28)18-11-6-8-13-20(18)25-23(26)30-17(3)21(27)24-19-12-7-5-10-16(19)2/h6,8,11,13,16-17,19H,4-5,7,9-10,12,14-15H2,1-3H3,(H,24,27)/t16-,17-,19-/m0/s1. The minimum Gasteiger partial charge on any atom is -0.382 e. The van der Waals surface area contributed by atoms with Gasteiger partial charge in [-0.25, -0.2) is 4.98 Å². The summed E-state index contributed by atoms with van der Waals surface area (Å²) in [5.74, 6) is 0.525. The van der Waals surface area contributed by atoms with Crippen LogP contribution in [0.25, 0.3) is 10.9 Å². The lowest BCUT2D eigenvalue weighted by Gasteiger charge is -2.30. The lowest BCUT2D eigenvalue weighted by Crippen LogP contribution is -2.44. The summed E-state index contributed by atoms with van der Waals surface area (Å²) in [7, 11) is 0. The van der Waals surface area contributed by atoms with Gasteiger partial charge in [-0.2, -0.15) is 0 Å². The summed E-state index contributed by atoms with van der Waals surface area (Å²) in [6.07, 6.45) is 5.34. The van der Waals surface area contributed by atoms with Gasteiger partial charge in [0.2, 0.25) is 5.91 Å². The number of thioether (sulfide) groups is 1. The highest BCUT2D eigenvalue weighted by molar-refractivity contribution is 8.00. The second kappa shape index (κ2) is 11.0. The van der Waals surface area contributed by atoms with Crippen LogP contribution in [0.2, 0.25) is 0 Å². The molecule has 0 radical (unpaired) electrons. The zero-order valence-electron chi connectivity index (χ0n) is 18.2. The molecule has 3 atom stereocenters. The molecule has 0 spiro atoms. The first-order valence-electron chi connectivity index (χ1n) is 11.1. The van der Waals surface area contributed by atoms with E-state index in [2.05, 4.69) is 12.2 Å². The number of carbonyl (C=O) groups is 1. The van der Waals surface area contributed by atoms with Gasteiger partial charge in [0.1, 0.15) is 0 Å². The van der Waals surface area contributed by atoms with Gasteiger partial charge >= 0.3 is 0 Å². The number of amides is 1. The topological polar surface area (TPSA) is 73.2 Å². The zero-order valence-corrected chi connectivity index (χ0v) is 19.0. The summed E-state index contributed by atoms with van der Waals surface area (Å²) in [6.45, 7) is 7.83. The molecule has 1 aliphatic carbocycles. The minimum absolute atomic E-state index is 0.0158. The van der Waals surface area contributed by atoms with Crippen LogP contribution in [0.3, 0.4) is 0 Å². The second-order valence-electron chi connectivity index (χ2n) is 8.06. The number of nitrogens with one attached hydrogen (secondary N) is 1. The van der Waals surface area contributed by atoms with Crippen molar-refractivity contribution in [1.82, 2.24) is 14.9 Å². The van der Waals surface area contributed by atoms with Crippen molar-refractivity contribution >= 4 is 28.6 Å². The van der Waals surface area contributed by atoms with E-state index < -0.39 is 0 Å². The first-order valence-corrected chi connectivity index (χ1v) is 11.9. The molecule has 1 aliphatic rings. The van der Waals surface area contributed by atoms with Crippen molar-refractivity contribution < 1.29 is 9.53 Å². The van der Waals surface area contributed by atoms with E-state index in [4.69, 9.17) is 9.72 Å². The molecule has 164 valence electrons. The molecule has 7 heteroatoms. The fraction of sp³-hybridized carbons (Fsp3) is 0.609. The fourth-order valence-corrected chi connectivity index (χ4v) is 4.89. The Morgan fingerprint density at radius 1 is 1.33 bits per heavy atom. The zero-order chi connectivity index (χ0) is 21.5. The van der Waals surface area contributed by atoms with Crippen molar-refractivity contribution in [3.8, 4) is 0 Å². The van der Waals surface area contributed by atoms with E-state index in [0.717, 1.165) is 19.3 Å². The van der Waals surface area contributed by atoms with E-state index in [9.17, 15) is 9.59 Å². The molecule has 1 aromatic heterocycles. The lowest BCUT2D eigenvalue weighted by molar-refractivity contribution is -0.121. The Labute approximate surface area is 182 Å². The SMILES string of the molecule is CCOCCCn1c(S[C@@H](C)C(=O)N[C@H]2CCCC[C@@H]2C)nc2ccccc2c1=O. The van der Waals surface area contributed by atoms with E-state index in [1.54, 1.807) is 10.6 Å². The lowest BCUT2D eigenvalue weighted by atomic mass is 9.86. The van der Waals surface area contributed by atoms with Gasteiger partial charge in [0.25, 0.3) is 5.56 Å². The molecule has 1 saturated carbocycles. The van der Waals surface area contributed by atoms with Crippen LogP contribution in [0.1, 0.15) is 52.9 Å². The normalized spacial score (nSPS) is 20.2. The van der Waals surface area contributed by atoms with Crippen LogP contribution < -0.4 is 10.9 Å². The van der Waals surface area contributed by atoms with Crippen LogP contribution in [-0.2, 0) is 16.1 Å². The van der Waals surface area contributed by atoms with Crippen molar-refractivity contribution in [1.29, 1.82) is 0 Å². The molecule has 6 nitrogen and oxygen atoms in total. The second-order valence-corrected chi connectivity index (χ2v) is 9.36. The number of rotatable bonds is 9. The maximum absolute atomic E-state index is 13.1. The van der Waals surface area contributed by atoms with Gasteiger partial charge in [-0.15, -0.1) is 0 Å². The third-order valence-corrected chi connectivity index (χ3v) is 6.88. The van der Waals surface area contributed by atoms with E-state index >= 15 is 0 Å². The summed E-state index contributed by atoms with van der Waals surface area (Å²) < 4.78 is 7.12. The van der Waals surface area contributed by atoms with Crippen molar-refractivity contribution in [2.45, 2.75) is 75.9 Å². The molecule has 1 N–H and O–H groups in total. The van der Waals surface area contributed by atoms with Gasteiger partial charge in [0, 0.05) is 25.8 Å². The van der Waals surface area contributed by atoms with Gasteiger partial charge in [-0.3, -0.25) is 14.2 Å². The van der Waals surface area contributed by atoms with Crippen molar-refractivity contribution in [3.63, 3.8) is 0 Å². The summed E-state index contributed by atoms with van der Waals surface area (Å²) >= 11 is 1.36. The van der Waals surface area contributed by atoms with Gasteiger partial charge in [0.15, 0.2) is 5.16 Å². The number of ether oxygens (including phenoxy) is 1. The quantitative estimate of drug-likeness (QED) is 0.369. The third-order valence-electron chi connectivity index (χ3n) is 5.79. The van der Waals surface area contributed by atoms with Crippen LogP contribution in [0, 0.1) is 5.92 Å². The molecule has 1 aromatic carbocycles. The highest BCUT2D eigenvalue weighted by atomic mass is 32.2.